The van der Waals surface area contributed by atoms with Crippen molar-refractivity contribution in [3.8, 4) is 0 Å². The van der Waals surface area contributed by atoms with Crippen LogP contribution in [0.4, 0.5) is 0 Å². The van der Waals surface area contributed by atoms with E-state index in [9.17, 15) is 8.42 Å². The molecule has 5 heteroatoms. The molecule has 0 N–H and O–H groups in total. The lowest BCUT2D eigenvalue weighted by Gasteiger charge is -2.05. The Hall–Kier alpha value is -0.520. The van der Waals surface area contributed by atoms with E-state index in [4.69, 9.17) is 4.18 Å². The van der Waals surface area contributed by atoms with Gasteiger partial charge in [-0.25, -0.2) is 0 Å². The largest absolute Gasteiger partial charge is 0.271 e. The molecule has 0 radical (unpaired) electrons. The smallest absolute Gasteiger partial charge is 0.269 e. The Kier molecular flexibility index (Phi) is 5.87. The molecule has 0 heterocycles. The highest BCUT2D eigenvalue weighted by molar-refractivity contribution is 7.99. The molecule has 0 amide bonds. The van der Waals surface area contributed by atoms with Crippen molar-refractivity contribution in [3.63, 3.8) is 0 Å². The van der Waals surface area contributed by atoms with Crippen LogP contribution in [0.3, 0.4) is 0 Å². The average molecular weight is 260 g/mol. The summed E-state index contributed by atoms with van der Waals surface area (Å²) in [5, 5.41) is 0. The minimum atomic E-state index is -3.43. The first-order valence-electron chi connectivity index (χ1n) is 5.13. The molecule has 0 atom stereocenters. The number of benzene rings is 1. The molecule has 0 aliphatic rings. The minimum Gasteiger partial charge on any atom is -0.269 e. The fourth-order valence-electron chi connectivity index (χ4n) is 1.18. The lowest BCUT2D eigenvalue weighted by molar-refractivity contribution is 0.340. The predicted molar refractivity (Wildman–Crippen MR) is 68.0 cm³/mol. The molecule has 0 aliphatic carbocycles. The van der Waals surface area contributed by atoms with Gasteiger partial charge < -0.3 is 0 Å². The maximum Gasteiger partial charge on any atom is 0.271 e. The number of hydrogen-bond donors (Lipinski definition) is 0. The zero-order chi connectivity index (χ0) is 11.9. The monoisotopic (exact) mass is 260 g/mol. The summed E-state index contributed by atoms with van der Waals surface area (Å²) in [4.78, 5) is 0. The second kappa shape index (κ2) is 6.93. The molecule has 16 heavy (non-hydrogen) atoms. The lowest BCUT2D eigenvalue weighted by Crippen LogP contribution is -2.11. The van der Waals surface area contributed by atoms with Crippen LogP contribution in [0.25, 0.3) is 0 Å². The maximum absolute atomic E-state index is 11.5. The van der Waals surface area contributed by atoms with Crippen molar-refractivity contribution < 1.29 is 12.6 Å². The van der Waals surface area contributed by atoms with Gasteiger partial charge in [-0.3, -0.25) is 4.18 Å². The van der Waals surface area contributed by atoms with Gasteiger partial charge in [0.25, 0.3) is 10.1 Å². The van der Waals surface area contributed by atoms with Gasteiger partial charge in [0.05, 0.1) is 6.61 Å². The third-order valence-electron chi connectivity index (χ3n) is 1.88. The summed E-state index contributed by atoms with van der Waals surface area (Å²) < 4.78 is 28.0. The third kappa shape index (κ3) is 5.53. The molecule has 90 valence electrons. The van der Waals surface area contributed by atoms with E-state index in [-0.39, 0.29) is 12.4 Å². The maximum atomic E-state index is 11.5. The first kappa shape index (κ1) is 13.5. The van der Waals surface area contributed by atoms with Crippen LogP contribution in [0.15, 0.2) is 30.3 Å². The summed E-state index contributed by atoms with van der Waals surface area (Å²) >= 11 is 1.67. The molecule has 0 saturated carbocycles. The van der Waals surface area contributed by atoms with Gasteiger partial charge in [-0.05, 0) is 11.3 Å². The Balaban J connectivity index is 2.40. The van der Waals surface area contributed by atoms with Crippen molar-refractivity contribution in [3.05, 3.63) is 35.9 Å². The lowest BCUT2D eigenvalue weighted by atomic mass is 10.2. The summed E-state index contributed by atoms with van der Waals surface area (Å²) in [6.45, 7) is 2.29. The molecule has 0 unspecified atom stereocenters. The van der Waals surface area contributed by atoms with Gasteiger partial charge >= 0.3 is 0 Å². The van der Waals surface area contributed by atoms with Gasteiger partial charge in [0.1, 0.15) is 5.75 Å². The van der Waals surface area contributed by atoms with Crippen molar-refractivity contribution in [2.45, 2.75) is 12.7 Å². The van der Waals surface area contributed by atoms with E-state index in [2.05, 4.69) is 0 Å². The van der Waals surface area contributed by atoms with E-state index in [1.807, 2.05) is 25.1 Å². The number of thioether (sulfide) groups is 1. The summed E-state index contributed by atoms with van der Waals surface area (Å²) in [6.07, 6.45) is 0. The van der Waals surface area contributed by atoms with E-state index in [0.29, 0.717) is 5.75 Å². The molecular weight excluding hydrogens is 244 g/mol. The molecule has 0 fully saturated rings. The van der Waals surface area contributed by atoms with Crippen LogP contribution in [-0.4, -0.2) is 26.5 Å². The second-order valence-electron chi connectivity index (χ2n) is 3.21. The van der Waals surface area contributed by atoms with Crippen LogP contribution in [0, 0.1) is 0 Å². The Labute approximate surface area is 101 Å². The van der Waals surface area contributed by atoms with Crippen LogP contribution < -0.4 is 0 Å². The van der Waals surface area contributed by atoms with E-state index < -0.39 is 10.1 Å². The van der Waals surface area contributed by atoms with Crippen molar-refractivity contribution in [2.75, 3.05) is 18.1 Å². The third-order valence-corrected chi connectivity index (χ3v) is 3.96. The highest BCUT2D eigenvalue weighted by atomic mass is 32.2. The molecular formula is C11H16O3S2. The van der Waals surface area contributed by atoms with Crippen LogP contribution in [0.1, 0.15) is 12.5 Å². The van der Waals surface area contributed by atoms with Crippen LogP contribution in [0.2, 0.25) is 0 Å². The topological polar surface area (TPSA) is 43.4 Å². The molecule has 1 aromatic carbocycles. The van der Waals surface area contributed by atoms with Crippen molar-refractivity contribution in [2.24, 2.45) is 0 Å². The van der Waals surface area contributed by atoms with E-state index in [0.717, 1.165) is 11.3 Å². The van der Waals surface area contributed by atoms with Crippen molar-refractivity contribution in [1.82, 2.24) is 0 Å². The zero-order valence-corrected chi connectivity index (χ0v) is 10.9. The summed E-state index contributed by atoms with van der Waals surface area (Å²) in [7, 11) is -3.43. The summed E-state index contributed by atoms with van der Waals surface area (Å²) in [5.74, 6) is 1.64. The van der Waals surface area contributed by atoms with E-state index in [1.165, 1.54) is 0 Å². The van der Waals surface area contributed by atoms with Gasteiger partial charge in [-0.1, -0.05) is 37.3 Å². The van der Waals surface area contributed by atoms with Gasteiger partial charge in [0.2, 0.25) is 0 Å². The summed E-state index contributed by atoms with van der Waals surface area (Å²) in [5.41, 5.74) is 0.755. The van der Waals surface area contributed by atoms with Crippen LogP contribution in [-0.2, 0) is 20.1 Å². The molecule has 0 saturated heterocycles. The van der Waals surface area contributed by atoms with Gasteiger partial charge in [0.15, 0.2) is 0 Å². The first-order valence-corrected chi connectivity index (χ1v) is 7.86. The highest BCUT2D eigenvalue weighted by Gasteiger charge is 2.11. The quantitative estimate of drug-likeness (QED) is 0.557. The van der Waals surface area contributed by atoms with E-state index in [1.54, 1.807) is 23.9 Å². The van der Waals surface area contributed by atoms with Crippen molar-refractivity contribution >= 4 is 21.9 Å². The van der Waals surface area contributed by atoms with Crippen LogP contribution in [0.5, 0.6) is 0 Å². The summed E-state index contributed by atoms with van der Waals surface area (Å²) in [6, 6.07) is 9.05. The Morgan fingerprint density at radius 3 is 2.56 bits per heavy atom. The fraction of sp³-hybridized carbons (Fsp3) is 0.455. The number of rotatable bonds is 7. The van der Waals surface area contributed by atoms with Crippen LogP contribution >= 0.6 is 11.8 Å². The molecule has 0 bridgehead atoms. The zero-order valence-electron chi connectivity index (χ0n) is 9.26. The molecule has 1 aromatic rings. The fourth-order valence-corrected chi connectivity index (χ4v) is 2.80. The van der Waals surface area contributed by atoms with Crippen molar-refractivity contribution in [1.29, 1.82) is 0 Å². The SMILES string of the molecule is CCSCCOS(=O)(=O)Cc1ccccc1. The Bertz CT molecular complexity index is 387. The first-order chi connectivity index (χ1) is 7.64. The van der Waals surface area contributed by atoms with Gasteiger partial charge in [0, 0.05) is 5.75 Å². The normalized spacial score (nSPS) is 11.6. The standard InChI is InChI=1S/C11H16O3S2/c1-2-15-9-8-14-16(12,13)10-11-6-4-3-5-7-11/h3-7H,2,8-10H2,1H3. The molecule has 3 nitrogen and oxygen atoms in total. The Morgan fingerprint density at radius 1 is 1.25 bits per heavy atom. The number of hydrogen-bond acceptors (Lipinski definition) is 4. The second-order valence-corrected chi connectivity index (χ2v) is 6.24. The minimum absolute atomic E-state index is 0.0510. The van der Waals surface area contributed by atoms with Gasteiger partial charge in [-0.15, -0.1) is 0 Å². The van der Waals surface area contributed by atoms with E-state index >= 15 is 0 Å². The highest BCUT2D eigenvalue weighted by Crippen LogP contribution is 2.08. The molecule has 0 spiro atoms. The average Bonchev–Trinajstić information content (AvgIpc) is 2.25. The molecule has 0 aliphatic heterocycles. The molecule has 0 aromatic heterocycles. The predicted octanol–water partition coefficient (Wildman–Crippen LogP) is 2.29. The molecule has 1 rings (SSSR count). The Morgan fingerprint density at radius 2 is 1.94 bits per heavy atom. The van der Waals surface area contributed by atoms with Gasteiger partial charge in [-0.2, -0.15) is 20.2 Å².